The van der Waals surface area contributed by atoms with Gasteiger partial charge in [-0.25, -0.2) is 9.36 Å². The van der Waals surface area contributed by atoms with Crippen LogP contribution in [0.25, 0.3) is 0 Å². The molecular weight excluding hydrogens is 306 g/mol. The van der Waals surface area contributed by atoms with E-state index in [-0.39, 0.29) is 19.1 Å². The Morgan fingerprint density at radius 3 is 2.64 bits per heavy atom. The molecule has 0 aliphatic rings. The maximum atomic E-state index is 11.7. The minimum Gasteiger partial charge on any atom is -1.00 e. The Morgan fingerprint density at radius 1 is 1.27 bits per heavy atom. The second-order valence-corrected chi connectivity index (χ2v) is 4.36. The summed E-state index contributed by atoms with van der Waals surface area (Å²) in [5.74, 6) is -0.0874. The number of carbonyl (C=O) groups excluding carboxylic acids is 1. The molecule has 0 bridgehead atoms. The standard InChI is InChI=1S/C15H17N3O3.ClH/c1-2-21-15(19)13-8-9-18(14(13)17-16)11-20-10-12-6-4-3-5-7-12;/h3-9,16H,2,10-11H2,1H3;1H. The van der Waals surface area contributed by atoms with Crippen molar-refractivity contribution in [1.29, 1.82) is 5.53 Å². The van der Waals surface area contributed by atoms with Crippen molar-refractivity contribution in [2.45, 2.75) is 20.3 Å². The fourth-order valence-corrected chi connectivity index (χ4v) is 1.93. The van der Waals surface area contributed by atoms with Crippen molar-refractivity contribution >= 4 is 11.8 Å². The van der Waals surface area contributed by atoms with Crippen molar-refractivity contribution in [2.24, 2.45) is 0 Å². The first kappa shape index (κ1) is 17.9. The highest BCUT2D eigenvalue weighted by Crippen LogP contribution is 2.14. The first-order valence-corrected chi connectivity index (χ1v) is 6.67. The summed E-state index contributed by atoms with van der Waals surface area (Å²) in [6.45, 7) is 2.75. The molecule has 118 valence electrons. The number of ether oxygens (including phenoxy) is 2. The molecule has 0 unspecified atom stereocenters. The van der Waals surface area contributed by atoms with Crippen molar-refractivity contribution in [3.05, 3.63) is 53.7 Å². The van der Waals surface area contributed by atoms with Crippen LogP contribution in [0.4, 0.5) is 5.82 Å². The van der Waals surface area contributed by atoms with Gasteiger partial charge in [0, 0.05) is 6.07 Å². The fourth-order valence-electron chi connectivity index (χ4n) is 1.93. The first-order valence-electron chi connectivity index (χ1n) is 6.67. The van der Waals surface area contributed by atoms with Crippen LogP contribution in [0.1, 0.15) is 22.8 Å². The lowest BCUT2D eigenvalue weighted by molar-refractivity contribution is -0.472. The predicted molar refractivity (Wildman–Crippen MR) is 75.0 cm³/mol. The lowest BCUT2D eigenvalue weighted by atomic mass is 10.2. The third kappa shape index (κ3) is 4.41. The van der Waals surface area contributed by atoms with E-state index in [1.807, 2.05) is 30.3 Å². The Balaban J connectivity index is 0.00000242. The molecule has 7 heteroatoms. The zero-order chi connectivity index (χ0) is 15.1. The van der Waals surface area contributed by atoms with E-state index < -0.39 is 5.97 Å². The molecule has 2 N–H and O–H groups in total. The summed E-state index contributed by atoms with van der Waals surface area (Å²) in [5, 5.41) is 2.26. The summed E-state index contributed by atoms with van der Waals surface area (Å²) in [6, 6.07) is 11.4. The van der Waals surface area contributed by atoms with Gasteiger partial charge in [-0.3, -0.25) is 0 Å². The van der Waals surface area contributed by atoms with Crippen molar-refractivity contribution in [2.75, 3.05) is 6.61 Å². The number of esters is 1. The molecule has 22 heavy (non-hydrogen) atoms. The molecule has 0 aliphatic carbocycles. The number of aromatic nitrogens is 1. The molecule has 0 spiro atoms. The van der Waals surface area contributed by atoms with Gasteiger partial charge in [-0.2, -0.15) is 5.11 Å². The highest BCUT2D eigenvalue weighted by molar-refractivity contribution is 5.93. The van der Waals surface area contributed by atoms with E-state index in [9.17, 15) is 4.79 Å². The Morgan fingerprint density at radius 2 is 2.00 bits per heavy atom. The van der Waals surface area contributed by atoms with E-state index >= 15 is 0 Å². The largest absolute Gasteiger partial charge is 1.00 e. The summed E-state index contributed by atoms with van der Waals surface area (Å²) in [6.07, 6.45) is 1.69. The smallest absolute Gasteiger partial charge is 0.346 e. The molecule has 0 aliphatic heterocycles. The van der Waals surface area contributed by atoms with E-state index in [1.54, 1.807) is 23.8 Å². The van der Waals surface area contributed by atoms with Crippen LogP contribution >= 0.6 is 0 Å². The van der Waals surface area contributed by atoms with Gasteiger partial charge in [-0.1, -0.05) is 30.3 Å². The minimum absolute atomic E-state index is 0. The van der Waals surface area contributed by atoms with Gasteiger partial charge in [-0.15, -0.1) is 5.53 Å². The average molecular weight is 324 g/mol. The van der Waals surface area contributed by atoms with Crippen LogP contribution in [0, 0.1) is 5.53 Å². The van der Waals surface area contributed by atoms with Crippen LogP contribution in [-0.4, -0.2) is 17.1 Å². The lowest BCUT2D eigenvalue weighted by Crippen LogP contribution is -3.00. The Bertz CT molecular complexity index is 614. The normalized spacial score (nSPS) is 9.86. The average Bonchev–Trinajstić information content (AvgIpc) is 2.91. The molecule has 0 amide bonds. The molecule has 1 aromatic heterocycles. The summed E-state index contributed by atoms with van der Waals surface area (Å²) in [4.78, 5) is 11.7. The van der Waals surface area contributed by atoms with Crippen LogP contribution in [0.3, 0.4) is 0 Å². The van der Waals surface area contributed by atoms with Crippen molar-refractivity contribution < 1.29 is 31.8 Å². The molecule has 0 fully saturated rings. The van der Waals surface area contributed by atoms with Crippen LogP contribution in [-0.2, 0) is 22.8 Å². The van der Waals surface area contributed by atoms with Gasteiger partial charge in [0.05, 0.1) is 19.4 Å². The molecule has 0 saturated heterocycles. The van der Waals surface area contributed by atoms with Gasteiger partial charge in [0.1, 0.15) is 0 Å². The van der Waals surface area contributed by atoms with Crippen LogP contribution in [0.15, 0.2) is 42.6 Å². The zero-order valence-corrected chi connectivity index (χ0v) is 13.0. The Hall–Kier alpha value is -2.18. The lowest BCUT2D eigenvalue weighted by Gasteiger charge is -2.03. The van der Waals surface area contributed by atoms with Gasteiger partial charge in [0.2, 0.25) is 0 Å². The molecule has 2 rings (SSSR count). The summed E-state index contributed by atoms with van der Waals surface area (Å²) < 4.78 is 12.2. The van der Waals surface area contributed by atoms with Gasteiger partial charge in [0.25, 0.3) is 0 Å². The number of nitrogens with zero attached hydrogens (tertiary/aromatic N) is 1. The number of hydrogen-bond acceptors (Lipinski definition) is 4. The second kappa shape index (κ2) is 8.96. The Labute approximate surface area is 135 Å². The zero-order valence-electron chi connectivity index (χ0n) is 12.2. The van der Waals surface area contributed by atoms with E-state index in [2.05, 4.69) is 5.11 Å². The SMILES string of the molecule is CCOC(=O)c1ccn(COCc2ccccc2)c1[NH+]=N.[Cl-]. The summed E-state index contributed by atoms with van der Waals surface area (Å²) in [7, 11) is 0. The third-order valence-electron chi connectivity index (χ3n) is 2.92. The summed E-state index contributed by atoms with van der Waals surface area (Å²) >= 11 is 0. The molecule has 2 aromatic rings. The Kier molecular flexibility index (Phi) is 7.28. The van der Waals surface area contributed by atoms with Gasteiger partial charge in [-0.05, 0) is 12.5 Å². The quantitative estimate of drug-likeness (QED) is 0.485. The van der Waals surface area contributed by atoms with Crippen molar-refractivity contribution in [3.8, 4) is 0 Å². The van der Waals surface area contributed by atoms with Crippen LogP contribution < -0.4 is 17.5 Å². The van der Waals surface area contributed by atoms with Gasteiger partial charge < -0.3 is 21.9 Å². The van der Waals surface area contributed by atoms with Gasteiger partial charge in [0.15, 0.2) is 12.3 Å². The molecule has 0 radical (unpaired) electrons. The third-order valence-corrected chi connectivity index (χ3v) is 2.92. The van der Waals surface area contributed by atoms with Crippen molar-refractivity contribution in [3.63, 3.8) is 0 Å². The molecule has 1 heterocycles. The van der Waals surface area contributed by atoms with E-state index in [0.717, 1.165) is 5.56 Å². The number of hydrogen-bond donors (Lipinski definition) is 2. The van der Waals surface area contributed by atoms with Crippen molar-refractivity contribution in [1.82, 2.24) is 4.57 Å². The minimum atomic E-state index is -0.450. The summed E-state index contributed by atoms with van der Waals surface area (Å²) in [5.41, 5.74) is 8.73. The maximum absolute atomic E-state index is 11.7. The topological polar surface area (TPSA) is 78.3 Å². The molecule has 0 atom stereocenters. The first-order chi connectivity index (χ1) is 10.3. The molecular formula is C15H18ClN3O3. The fraction of sp³-hybridized carbons (Fsp3) is 0.267. The highest BCUT2D eigenvalue weighted by Gasteiger charge is 2.22. The number of rotatable bonds is 7. The second-order valence-electron chi connectivity index (χ2n) is 4.36. The van der Waals surface area contributed by atoms with E-state index in [4.69, 9.17) is 15.0 Å². The molecule has 1 aromatic carbocycles. The van der Waals surface area contributed by atoms with Crippen LogP contribution in [0.5, 0.6) is 0 Å². The number of nitrogens with one attached hydrogen (secondary N) is 2. The maximum Gasteiger partial charge on any atom is 0.346 e. The molecule has 6 nitrogen and oxygen atoms in total. The highest BCUT2D eigenvalue weighted by atomic mass is 35.5. The van der Waals surface area contributed by atoms with Crippen LogP contribution in [0.2, 0.25) is 0 Å². The number of carbonyl (C=O) groups is 1. The van der Waals surface area contributed by atoms with Gasteiger partial charge >= 0.3 is 11.8 Å². The van der Waals surface area contributed by atoms with E-state index in [1.165, 1.54) is 0 Å². The predicted octanol–water partition coefficient (Wildman–Crippen LogP) is -1.41. The molecule has 0 saturated carbocycles. The number of halogens is 1. The van der Waals surface area contributed by atoms with E-state index in [0.29, 0.717) is 24.6 Å². The monoisotopic (exact) mass is 323 g/mol. The number of benzene rings is 1.